The molecule has 1 saturated heterocycles. The first-order valence-corrected chi connectivity index (χ1v) is 8.56. The van der Waals surface area contributed by atoms with Crippen LogP contribution >= 0.6 is 0 Å². The molecule has 0 bridgehead atoms. The minimum absolute atomic E-state index is 0.131. The Bertz CT molecular complexity index is 696. The van der Waals surface area contributed by atoms with E-state index in [0.717, 1.165) is 25.7 Å². The summed E-state index contributed by atoms with van der Waals surface area (Å²) in [6, 6.07) is 6.67. The number of likely N-dealkylation sites (tertiary alicyclic amines) is 1. The van der Waals surface area contributed by atoms with E-state index in [2.05, 4.69) is 5.32 Å². The highest BCUT2D eigenvalue weighted by Gasteiger charge is 2.46. The maximum atomic E-state index is 12.7. The number of hydrogen-bond donors (Lipinski definition) is 1. The van der Waals surface area contributed by atoms with E-state index in [4.69, 9.17) is 4.74 Å². The standard InChI is InChI=1S/C18H20N2O4/c21-15-10-9-14(16(22)19-11-5-1-2-6-11)20(15)17-12-7-3-4-8-13(12)18(23)24-17/h3-4,7-8,11,14,17H,1-2,5-6,9-10H2,(H,19,22)/t14-,17+/m1/s1. The molecule has 0 aromatic heterocycles. The highest BCUT2D eigenvalue weighted by atomic mass is 16.6. The van der Waals surface area contributed by atoms with E-state index >= 15 is 0 Å². The number of cyclic esters (lactones) is 1. The molecule has 0 spiro atoms. The lowest BCUT2D eigenvalue weighted by atomic mass is 10.1. The molecule has 2 heterocycles. The maximum Gasteiger partial charge on any atom is 0.340 e. The van der Waals surface area contributed by atoms with E-state index in [9.17, 15) is 14.4 Å². The Hall–Kier alpha value is -2.37. The number of rotatable bonds is 3. The normalized spacial score (nSPS) is 26.6. The van der Waals surface area contributed by atoms with E-state index in [1.807, 2.05) is 6.07 Å². The van der Waals surface area contributed by atoms with E-state index in [-0.39, 0.29) is 17.9 Å². The van der Waals surface area contributed by atoms with Crippen LogP contribution in [0.5, 0.6) is 0 Å². The van der Waals surface area contributed by atoms with Gasteiger partial charge in [0, 0.05) is 18.0 Å². The Balaban J connectivity index is 1.57. The Labute approximate surface area is 140 Å². The van der Waals surface area contributed by atoms with Crippen LogP contribution in [-0.2, 0) is 14.3 Å². The van der Waals surface area contributed by atoms with Crippen molar-refractivity contribution in [1.82, 2.24) is 10.2 Å². The van der Waals surface area contributed by atoms with Crippen molar-refractivity contribution in [2.75, 3.05) is 0 Å². The Kier molecular flexibility index (Phi) is 3.75. The van der Waals surface area contributed by atoms with Gasteiger partial charge in [0.25, 0.3) is 0 Å². The van der Waals surface area contributed by atoms with Gasteiger partial charge in [-0.1, -0.05) is 31.0 Å². The van der Waals surface area contributed by atoms with Gasteiger partial charge in [-0.25, -0.2) is 4.79 Å². The fraction of sp³-hybridized carbons (Fsp3) is 0.500. The summed E-state index contributed by atoms with van der Waals surface area (Å²) >= 11 is 0. The number of carbonyl (C=O) groups is 3. The summed E-state index contributed by atoms with van der Waals surface area (Å²) in [6.07, 6.45) is 4.23. The topological polar surface area (TPSA) is 75.7 Å². The number of amides is 2. The van der Waals surface area contributed by atoms with Crippen molar-refractivity contribution in [2.24, 2.45) is 0 Å². The number of esters is 1. The second-order valence-corrected chi connectivity index (χ2v) is 6.69. The molecule has 1 aromatic carbocycles. The molecular formula is C18H20N2O4. The van der Waals surface area contributed by atoms with E-state index in [1.165, 1.54) is 4.90 Å². The number of hydrogen-bond acceptors (Lipinski definition) is 4. The van der Waals surface area contributed by atoms with Crippen LogP contribution in [0.2, 0.25) is 0 Å². The number of carbonyl (C=O) groups excluding carboxylic acids is 3. The third kappa shape index (κ3) is 2.46. The zero-order valence-electron chi connectivity index (χ0n) is 13.4. The van der Waals surface area contributed by atoms with Crippen LogP contribution in [0.1, 0.15) is 60.7 Å². The molecule has 126 valence electrons. The minimum atomic E-state index is -0.789. The first kappa shape index (κ1) is 15.2. The van der Waals surface area contributed by atoms with Crippen LogP contribution in [0.15, 0.2) is 24.3 Å². The number of fused-ring (bicyclic) bond motifs is 1. The zero-order chi connectivity index (χ0) is 16.7. The van der Waals surface area contributed by atoms with Crippen LogP contribution in [0.3, 0.4) is 0 Å². The van der Waals surface area contributed by atoms with Gasteiger partial charge in [0.2, 0.25) is 18.0 Å². The number of nitrogens with zero attached hydrogens (tertiary/aromatic N) is 1. The summed E-state index contributed by atoms with van der Waals surface area (Å²) < 4.78 is 5.42. The lowest BCUT2D eigenvalue weighted by molar-refractivity contribution is -0.146. The molecule has 4 rings (SSSR count). The van der Waals surface area contributed by atoms with E-state index in [1.54, 1.807) is 18.2 Å². The molecule has 1 N–H and O–H groups in total. The van der Waals surface area contributed by atoms with E-state index < -0.39 is 18.2 Å². The van der Waals surface area contributed by atoms with Crippen molar-refractivity contribution in [3.63, 3.8) is 0 Å². The highest BCUT2D eigenvalue weighted by Crippen LogP contribution is 2.38. The third-order valence-electron chi connectivity index (χ3n) is 5.18. The molecule has 0 radical (unpaired) electrons. The summed E-state index contributed by atoms with van der Waals surface area (Å²) in [5, 5.41) is 3.06. The van der Waals surface area contributed by atoms with Gasteiger partial charge in [0.05, 0.1) is 5.56 Å². The summed E-state index contributed by atoms with van der Waals surface area (Å²) in [5.74, 6) is -0.713. The number of benzene rings is 1. The van der Waals surface area contributed by atoms with Crippen molar-refractivity contribution in [3.05, 3.63) is 35.4 Å². The summed E-state index contributed by atoms with van der Waals surface area (Å²) in [4.78, 5) is 38.5. The Morgan fingerprint density at radius 3 is 2.67 bits per heavy atom. The van der Waals surface area contributed by atoms with Gasteiger partial charge in [-0.3, -0.25) is 14.5 Å². The molecule has 3 aliphatic rings. The zero-order valence-corrected chi connectivity index (χ0v) is 13.4. The molecule has 1 saturated carbocycles. The largest absolute Gasteiger partial charge is 0.433 e. The van der Waals surface area contributed by atoms with Gasteiger partial charge in [-0.2, -0.15) is 0 Å². The fourth-order valence-corrected chi connectivity index (χ4v) is 3.95. The molecule has 2 amide bonds. The average Bonchev–Trinajstić information content (AvgIpc) is 3.28. The summed E-state index contributed by atoms with van der Waals surface area (Å²) in [7, 11) is 0. The summed E-state index contributed by atoms with van der Waals surface area (Å²) in [6.45, 7) is 0. The maximum absolute atomic E-state index is 12.7. The summed E-state index contributed by atoms with van der Waals surface area (Å²) in [5.41, 5.74) is 1.13. The molecule has 2 aliphatic heterocycles. The molecule has 1 aliphatic carbocycles. The van der Waals surface area contributed by atoms with Gasteiger partial charge >= 0.3 is 5.97 Å². The number of nitrogens with one attached hydrogen (secondary N) is 1. The first-order valence-electron chi connectivity index (χ1n) is 8.56. The molecule has 2 atom stereocenters. The van der Waals surface area contributed by atoms with Gasteiger partial charge in [0.1, 0.15) is 6.04 Å². The average molecular weight is 328 g/mol. The second-order valence-electron chi connectivity index (χ2n) is 6.69. The monoisotopic (exact) mass is 328 g/mol. The lowest BCUT2D eigenvalue weighted by Gasteiger charge is -2.30. The van der Waals surface area contributed by atoms with Crippen LogP contribution in [0, 0.1) is 0 Å². The van der Waals surface area contributed by atoms with Gasteiger partial charge < -0.3 is 10.1 Å². The molecule has 6 nitrogen and oxygen atoms in total. The van der Waals surface area contributed by atoms with Gasteiger partial charge in [-0.05, 0) is 25.3 Å². The fourth-order valence-electron chi connectivity index (χ4n) is 3.95. The third-order valence-corrected chi connectivity index (χ3v) is 5.18. The molecule has 1 aromatic rings. The lowest BCUT2D eigenvalue weighted by Crippen LogP contribution is -2.48. The quantitative estimate of drug-likeness (QED) is 0.860. The predicted octanol–water partition coefficient (Wildman–Crippen LogP) is 1.91. The van der Waals surface area contributed by atoms with Crippen LogP contribution in [-0.4, -0.2) is 34.8 Å². The first-order chi connectivity index (χ1) is 11.6. The van der Waals surface area contributed by atoms with Gasteiger partial charge in [0.15, 0.2) is 0 Å². The Morgan fingerprint density at radius 1 is 1.12 bits per heavy atom. The van der Waals surface area contributed by atoms with Crippen molar-refractivity contribution in [1.29, 1.82) is 0 Å². The number of ether oxygens (including phenoxy) is 1. The van der Waals surface area contributed by atoms with E-state index in [0.29, 0.717) is 24.0 Å². The van der Waals surface area contributed by atoms with Crippen LogP contribution in [0.25, 0.3) is 0 Å². The van der Waals surface area contributed by atoms with Gasteiger partial charge in [-0.15, -0.1) is 0 Å². The van der Waals surface area contributed by atoms with Crippen molar-refractivity contribution < 1.29 is 19.1 Å². The molecule has 0 unspecified atom stereocenters. The predicted molar refractivity (Wildman–Crippen MR) is 84.9 cm³/mol. The molecular weight excluding hydrogens is 308 g/mol. The molecule has 2 fully saturated rings. The molecule has 6 heteroatoms. The molecule has 24 heavy (non-hydrogen) atoms. The van der Waals surface area contributed by atoms with Crippen LogP contribution in [0.4, 0.5) is 0 Å². The van der Waals surface area contributed by atoms with Crippen molar-refractivity contribution in [2.45, 2.75) is 56.8 Å². The van der Waals surface area contributed by atoms with Crippen LogP contribution < -0.4 is 5.32 Å². The minimum Gasteiger partial charge on any atom is -0.433 e. The highest BCUT2D eigenvalue weighted by molar-refractivity contribution is 5.96. The van der Waals surface area contributed by atoms with Crippen molar-refractivity contribution in [3.8, 4) is 0 Å². The second kappa shape index (κ2) is 5.92. The smallest absolute Gasteiger partial charge is 0.340 e. The SMILES string of the molecule is O=C1O[C@H](N2C(=O)CC[C@@H]2C(=O)NC2CCCC2)c2ccccc21. The Morgan fingerprint density at radius 2 is 1.88 bits per heavy atom. The van der Waals surface area contributed by atoms with Crippen molar-refractivity contribution >= 4 is 17.8 Å².